The van der Waals surface area contributed by atoms with Crippen molar-refractivity contribution < 1.29 is 9.53 Å². The van der Waals surface area contributed by atoms with Crippen molar-refractivity contribution in [2.45, 2.75) is 25.0 Å². The second kappa shape index (κ2) is 10.2. The molecule has 3 aromatic carbocycles. The number of allylic oxidation sites excluding steroid dienone is 1. The summed E-state index contributed by atoms with van der Waals surface area (Å²) in [7, 11) is 0. The normalized spacial score (nSPS) is 20.0. The van der Waals surface area contributed by atoms with Gasteiger partial charge in [-0.3, -0.25) is 0 Å². The van der Waals surface area contributed by atoms with E-state index in [-0.39, 0.29) is 5.92 Å². The number of thioether (sulfide) groups is 1. The van der Waals surface area contributed by atoms with Crippen LogP contribution in [-0.2, 0) is 10.5 Å². The Morgan fingerprint density at radius 1 is 1.09 bits per heavy atom. The molecule has 0 saturated heterocycles. The largest absolute Gasteiger partial charge is 0.431 e. The highest BCUT2D eigenvalue weighted by Crippen LogP contribution is 2.47. The third-order valence-corrected chi connectivity index (χ3v) is 6.85. The molecule has 1 heterocycles. The molecule has 6 heteroatoms. The highest BCUT2D eigenvalue weighted by Gasteiger charge is 2.46. The van der Waals surface area contributed by atoms with Crippen molar-refractivity contribution in [2.75, 3.05) is 5.75 Å². The van der Waals surface area contributed by atoms with E-state index in [9.17, 15) is 10.1 Å². The van der Waals surface area contributed by atoms with E-state index in [0.29, 0.717) is 27.6 Å². The molecular formula is C27H23ClN2O2S. The minimum Gasteiger partial charge on any atom is -0.431 e. The molecule has 0 amide bonds. The molecule has 1 aliphatic heterocycles. The number of esters is 1. The molecule has 0 fully saturated rings. The van der Waals surface area contributed by atoms with Crippen LogP contribution in [0.5, 0.6) is 0 Å². The molecule has 2 atom stereocenters. The van der Waals surface area contributed by atoms with Gasteiger partial charge in [-0.1, -0.05) is 85.3 Å². The number of ether oxygens (including phenoxy) is 1. The fourth-order valence-electron chi connectivity index (χ4n) is 4.07. The molecule has 4 rings (SSSR count). The predicted octanol–water partition coefficient (Wildman–Crippen LogP) is 6.62. The van der Waals surface area contributed by atoms with Gasteiger partial charge in [0.25, 0.3) is 0 Å². The number of hydrogen-bond donors (Lipinski definition) is 1. The first-order valence-corrected chi connectivity index (χ1v) is 12.1. The van der Waals surface area contributed by atoms with Crippen molar-refractivity contribution in [1.82, 2.24) is 5.32 Å². The van der Waals surface area contributed by atoms with E-state index in [1.165, 1.54) is 11.8 Å². The van der Waals surface area contributed by atoms with Gasteiger partial charge in [0.05, 0.1) is 22.2 Å². The van der Waals surface area contributed by atoms with Crippen molar-refractivity contribution in [2.24, 2.45) is 0 Å². The molecule has 1 aliphatic rings. The lowest BCUT2D eigenvalue weighted by Gasteiger charge is -2.42. The number of nitriles is 1. The number of carbonyl (C=O) groups excluding carboxylic acids is 1. The zero-order chi connectivity index (χ0) is 23.3. The summed E-state index contributed by atoms with van der Waals surface area (Å²) in [5.74, 6) is -0.0332. The summed E-state index contributed by atoms with van der Waals surface area (Å²) < 4.78 is 6.26. The van der Waals surface area contributed by atoms with Crippen LogP contribution in [0.4, 0.5) is 0 Å². The molecular weight excluding hydrogens is 452 g/mol. The second-order valence-corrected chi connectivity index (χ2v) is 9.32. The lowest BCUT2D eigenvalue weighted by molar-refractivity contribution is -0.0455. The van der Waals surface area contributed by atoms with Crippen LogP contribution in [0.25, 0.3) is 0 Å². The maximum Gasteiger partial charge on any atom is 0.340 e. The van der Waals surface area contributed by atoms with E-state index in [4.69, 9.17) is 16.3 Å². The van der Waals surface area contributed by atoms with Gasteiger partial charge >= 0.3 is 5.97 Å². The summed E-state index contributed by atoms with van der Waals surface area (Å²) in [5.41, 5.74) is 1.52. The minimum absolute atomic E-state index is 0.329. The molecule has 0 spiro atoms. The van der Waals surface area contributed by atoms with E-state index in [0.717, 1.165) is 16.9 Å². The van der Waals surface area contributed by atoms with Crippen molar-refractivity contribution >= 4 is 29.3 Å². The second-order valence-electron chi connectivity index (χ2n) is 7.64. The molecule has 33 heavy (non-hydrogen) atoms. The van der Waals surface area contributed by atoms with Crippen LogP contribution in [-0.4, -0.2) is 11.7 Å². The highest BCUT2D eigenvalue weighted by molar-refractivity contribution is 8.03. The van der Waals surface area contributed by atoms with Gasteiger partial charge in [-0.15, -0.1) is 11.8 Å². The van der Waals surface area contributed by atoms with Gasteiger partial charge in [-0.05, 0) is 29.5 Å². The summed E-state index contributed by atoms with van der Waals surface area (Å²) in [4.78, 5) is 13.2. The molecule has 0 bridgehead atoms. The average Bonchev–Trinajstić information content (AvgIpc) is 2.85. The summed E-state index contributed by atoms with van der Waals surface area (Å²) >= 11 is 8.10. The number of hydrogen-bond acceptors (Lipinski definition) is 5. The van der Waals surface area contributed by atoms with Crippen LogP contribution < -0.4 is 5.32 Å². The standard InChI is InChI=1S/C27H23ClN2O2S/c1-2-33-25-23(18-29)22(21-15-9-10-16-24(21)28)17-27(30-25,20-13-7-4-8-14-20)32-26(31)19-11-5-3-6-12-19/h3-16,22,30H,2,17H2,1H3/t22-,27+/m0/s1. The van der Waals surface area contributed by atoms with E-state index in [1.54, 1.807) is 24.3 Å². The number of rotatable bonds is 6. The van der Waals surface area contributed by atoms with Crippen molar-refractivity contribution in [3.05, 3.63) is 117 Å². The maximum absolute atomic E-state index is 13.2. The van der Waals surface area contributed by atoms with Crippen LogP contribution >= 0.6 is 23.4 Å². The lowest BCUT2D eigenvalue weighted by atomic mass is 9.80. The summed E-state index contributed by atoms with van der Waals surface area (Å²) in [6.07, 6.45) is 0.329. The Kier molecular flexibility index (Phi) is 7.08. The molecule has 0 aromatic heterocycles. The van der Waals surface area contributed by atoms with Crippen molar-refractivity contribution in [3.8, 4) is 6.07 Å². The zero-order valence-electron chi connectivity index (χ0n) is 18.1. The third-order valence-electron chi connectivity index (χ3n) is 5.61. The van der Waals surface area contributed by atoms with Crippen molar-refractivity contribution in [3.63, 3.8) is 0 Å². The van der Waals surface area contributed by atoms with Gasteiger partial charge in [0.2, 0.25) is 5.72 Å². The monoisotopic (exact) mass is 474 g/mol. The molecule has 0 unspecified atom stereocenters. The third kappa shape index (κ3) is 4.78. The quantitative estimate of drug-likeness (QED) is 0.407. The van der Waals surface area contributed by atoms with Gasteiger partial charge in [0.15, 0.2) is 0 Å². The molecule has 0 radical (unpaired) electrons. The van der Waals surface area contributed by atoms with Gasteiger partial charge in [0, 0.05) is 22.9 Å². The fraction of sp³-hybridized carbons (Fsp3) is 0.185. The highest BCUT2D eigenvalue weighted by atomic mass is 35.5. The Labute approximate surface area is 203 Å². The zero-order valence-corrected chi connectivity index (χ0v) is 19.7. The topological polar surface area (TPSA) is 62.1 Å². The first kappa shape index (κ1) is 23.0. The number of carbonyl (C=O) groups is 1. The summed E-state index contributed by atoms with van der Waals surface area (Å²) in [6, 6.07) is 28.4. The Morgan fingerprint density at radius 3 is 2.36 bits per heavy atom. The van der Waals surface area contributed by atoms with E-state index >= 15 is 0 Å². The SMILES string of the molecule is CCSC1=C(C#N)[C@H](c2ccccc2Cl)C[C@@](OC(=O)c2ccccc2)(c2ccccc2)N1. The van der Waals surface area contributed by atoms with Crippen LogP contribution in [0.3, 0.4) is 0 Å². The van der Waals surface area contributed by atoms with Gasteiger partial charge in [-0.2, -0.15) is 5.26 Å². The minimum atomic E-state index is -1.17. The summed E-state index contributed by atoms with van der Waals surface area (Å²) in [6.45, 7) is 2.02. The smallest absolute Gasteiger partial charge is 0.340 e. The molecule has 0 aliphatic carbocycles. The lowest BCUT2D eigenvalue weighted by Crippen LogP contribution is -2.49. The number of nitrogens with zero attached hydrogens (tertiary/aromatic N) is 1. The van der Waals surface area contributed by atoms with Gasteiger partial charge in [0.1, 0.15) is 0 Å². The average molecular weight is 475 g/mol. The first-order chi connectivity index (χ1) is 16.1. The maximum atomic E-state index is 13.2. The Balaban J connectivity index is 1.87. The summed E-state index contributed by atoms with van der Waals surface area (Å²) in [5, 5.41) is 14.8. The Morgan fingerprint density at radius 2 is 1.73 bits per heavy atom. The van der Waals surface area contributed by atoms with E-state index in [1.807, 2.05) is 67.6 Å². The predicted molar refractivity (Wildman–Crippen MR) is 133 cm³/mol. The molecule has 1 N–H and O–H groups in total. The number of nitrogens with one attached hydrogen (secondary N) is 1. The first-order valence-electron chi connectivity index (χ1n) is 10.7. The van der Waals surface area contributed by atoms with Crippen LogP contribution in [0.15, 0.2) is 95.5 Å². The van der Waals surface area contributed by atoms with Crippen molar-refractivity contribution in [1.29, 1.82) is 5.26 Å². The number of benzene rings is 3. The van der Waals surface area contributed by atoms with E-state index in [2.05, 4.69) is 11.4 Å². The molecule has 3 aromatic rings. The van der Waals surface area contributed by atoms with Crippen LogP contribution in [0, 0.1) is 11.3 Å². The molecule has 0 saturated carbocycles. The van der Waals surface area contributed by atoms with Gasteiger partial charge < -0.3 is 10.1 Å². The number of halogens is 1. The van der Waals surface area contributed by atoms with Crippen LogP contribution in [0.1, 0.15) is 40.7 Å². The van der Waals surface area contributed by atoms with E-state index < -0.39 is 11.7 Å². The molecule has 166 valence electrons. The molecule has 4 nitrogen and oxygen atoms in total. The Bertz CT molecular complexity index is 1210. The van der Waals surface area contributed by atoms with Gasteiger partial charge in [-0.25, -0.2) is 4.79 Å². The van der Waals surface area contributed by atoms with Crippen LogP contribution in [0.2, 0.25) is 5.02 Å². The Hall–Kier alpha value is -3.20. The fourth-order valence-corrected chi connectivity index (χ4v) is 5.21.